The van der Waals surface area contributed by atoms with Gasteiger partial charge in [0.25, 0.3) is 0 Å². The third kappa shape index (κ3) is 8.23. The molecule has 3 aliphatic heterocycles. The summed E-state index contributed by atoms with van der Waals surface area (Å²) in [7, 11) is 0. The first kappa shape index (κ1) is 33.8. The maximum Gasteiger partial charge on any atom is 0.246 e. The van der Waals surface area contributed by atoms with E-state index < -0.39 is 23.6 Å². The number of carbonyl (C=O) groups is 4. The van der Waals surface area contributed by atoms with Crippen LogP contribution >= 0.6 is 11.3 Å². The van der Waals surface area contributed by atoms with E-state index in [1.165, 1.54) is 4.90 Å². The number of nitrogens with zero attached hydrogens (tertiary/aromatic N) is 3. The zero-order valence-corrected chi connectivity index (χ0v) is 27.8. The number of ether oxygens (including phenoxy) is 1. The van der Waals surface area contributed by atoms with Gasteiger partial charge in [0.1, 0.15) is 24.4 Å². The molecular formula is C33H46N6O6S. The predicted octanol–water partition coefficient (Wildman–Crippen LogP) is 2.19. The van der Waals surface area contributed by atoms with Crippen molar-refractivity contribution < 1.29 is 29.0 Å². The molecule has 250 valence electrons. The fourth-order valence-corrected chi connectivity index (χ4v) is 7.02. The summed E-state index contributed by atoms with van der Waals surface area (Å²) in [6, 6.07) is 4.07. The summed E-state index contributed by atoms with van der Waals surface area (Å²) in [6.07, 6.45) is 2.05. The summed E-state index contributed by atoms with van der Waals surface area (Å²) in [5, 5.41) is 19.6. The highest BCUT2D eigenvalue weighted by Crippen LogP contribution is 2.40. The molecule has 3 atom stereocenters. The van der Waals surface area contributed by atoms with Gasteiger partial charge in [0.05, 0.1) is 22.2 Å². The van der Waals surface area contributed by atoms with Gasteiger partial charge in [-0.15, -0.1) is 11.3 Å². The summed E-state index contributed by atoms with van der Waals surface area (Å²) >= 11 is 1.57. The van der Waals surface area contributed by atoms with Crippen molar-refractivity contribution in [3.63, 3.8) is 0 Å². The molecule has 4 amide bonds. The van der Waals surface area contributed by atoms with Crippen LogP contribution in [0.25, 0.3) is 10.4 Å². The molecule has 2 aromatic rings. The second-order valence-electron chi connectivity index (χ2n) is 13.4. The van der Waals surface area contributed by atoms with Crippen LogP contribution in [-0.4, -0.2) is 94.4 Å². The first-order valence-electron chi connectivity index (χ1n) is 16.2. The largest absolute Gasteiger partial charge is 0.487 e. The van der Waals surface area contributed by atoms with E-state index in [9.17, 15) is 24.3 Å². The smallest absolute Gasteiger partial charge is 0.246 e. The molecule has 1 aromatic carbocycles. The van der Waals surface area contributed by atoms with Crippen molar-refractivity contribution in [2.45, 2.75) is 90.6 Å². The van der Waals surface area contributed by atoms with Crippen LogP contribution in [0.15, 0.2) is 23.7 Å². The number of carbonyl (C=O) groups excluding carboxylic acids is 4. The van der Waals surface area contributed by atoms with Crippen LogP contribution in [0.4, 0.5) is 0 Å². The van der Waals surface area contributed by atoms with Crippen LogP contribution in [0.5, 0.6) is 5.75 Å². The topological polar surface area (TPSA) is 153 Å². The lowest BCUT2D eigenvalue weighted by atomic mass is 9.85. The molecule has 5 rings (SSSR count). The maximum absolute atomic E-state index is 13.9. The molecule has 4 heterocycles. The highest BCUT2D eigenvalue weighted by atomic mass is 32.1. The Labute approximate surface area is 274 Å². The fourth-order valence-electron chi connectivity index (χ4n) is 6.19. The molecule has 13 heteroatoms. The van der Waals surface area contributed by atoms with Crippen molar-refractivity contribution in [1.29, 1.82) is 0 Å². The molecule has 1 aromatic heterocycles. The Morgan fingerprint density at radius 1 is 1.13 bits per heavy atom. The molecule has 3 aliphatic rings. The number of aliphatic hydroxyl groups is 1. The minimum atomic E-state index is -0.871. The van der Waals surface area contributed by atoms with Crippen molar-refractivity contribution >= 4 is 35.0 Å². The number of thiazole rings is 1. The summed E-state index contributed by atoms with van der Waals surface area (Å²) < 4.78 is 5.87. The molecule has 46 heavy (non-hydrogen) atoms. The number of unbranched alkanes of at least 4 members (excludes halogenated alkanes) is 2. The second-order valence-corrected chi connectivity index (χ2v) is 14.3. The van der Waals surface area contributed by atoms with Crippen molar-refractivity contribution in [3.05, 3.63) is 35.0 Å². The number of hydrogen-bond donors (Lipinski definition) is 4. The number of hydrogen-bond acceptors (Lipinski definition) is 9. The lowest BCUT2D eigenvalue weighted by Gasteiger charge is -2.35. The van der Waals surface area contributed by atoms with Gasteiger partial charge in [-0.3, -0.25) is 19.2 Å². The molecule has 0 aliphatic carbocycles. The molecule has 0 bridgehead atoms. The van der Waals surface area contributed by atoms with E-state index in [4.69, 9.17) is 4.74 Å². The van der Waals surface area contributed by atoms with Crippen LogP contribution in [-0.2, 0) is 32.3 Å². The first-order valence-corrected chi connectivity index (χ1v) is 17.1. The molecule has 0 spiro atoms. The van der Waals surface area contributed by atoms with Gasteiger partial charge in [0, 0.05) is 64.1 Å². The Balaban J connectivity index is 1.12. The lowest BCUT2D eigenvalue weighted by Crippen LogP contribution is -2.57. The van der Waals surface area contributed by atoms with Gasteiger partial charge < -0.3 is 35.6 Å². The average molecular weight is 655 g/mol. The standard InChI is InChI=1S/C33H46N6O6S/c1-33(2,3)30(37-27(41)7-5-4-6-8-28(42)38-13-11-34-12-14-38)32(44)39-18-22(40)16-25(39)31(43)35-17-21-9-10-23-26(15-21)45-19-24-29(23)46-20-36-24/h9-10,15,20,22,25,30,34,40H,4-8,11-14,16-19H2,1-3H3,(H,35,43)(H,37,41)/t22-,25+,30-/m1/s1. The van der Waals surface area contributed by atoms with Gasteiger partial charge >= 0.3 is 0 Å². The van der Waals surface area contributed by atoms with Crippen LogP contribution < -0.4 is 20.7 Å². The van der Waals surface area contributed by atoms with E-state index in [0.717, 1.165) is 60.0 Å². The normalized spacial score (nSPS) is 19.9. The summed E-state index contributed by atoms with van der Waals surface area (Å²) in [5.74, 6) is -0.0987. The third-order valence-corrected chi connectivity index (χ3v) is 9.71. The molecule has 0 saturated carbocycles. The number of aromatic nitrogens is 1. The Morgan fingerprint density at radius 2 is 1.89 bits per heavy atom. The Bertz CT molecular complexity index is 1420. The minimum Gasteiger partial charge on any atom is -0.487 e. The quantitative estimate of drug-likeness (QED) is 0.269. The van der Waals surface area contributed by atoms with Crippen molar-refractivity contribution in [2.24, 2.45) is 5.41 Å². The van der Waals surface area contributed by atoms with E-state index in [2.05, 4.69) is 20.9 Å². The lowest BCUT2D eigenvalue weighted by molar-refractivity contribution is -0.144. The predicted molar refractivity (Wildman–Crippen MR) is 174 cm³/mol. The number of likely N-dealkylation sites (tertiary alicyclic amines) is 1. The fraction of sp³-hybridized carbons (Fsp3) is 0.606. The van der Waals surface area contributed by atoms with Crippen LogP contribution in [0, 0.1) is 5.41 Å². The molecule has 2 fully saturated rings. The van der Waals surface area contributed by atoms with Crippen LogP contribution in [0.2, 0.25) is 0 Å². The van der Waals surface area contributed by atoms with E-state index >= 15 is 0 Å². The molecule has 0 radical (unpaired) electrons. The number of nitrogens with one attached hydrogen (secondary N) is 3. The zero-order chi connectivity index (χ0) is 32.8. The molecule has 12 nitrogen and oxygen atoms in total. The van der Waals surface area contributed by atoms with Crippen molar-refractivity contribution in [1.82, 2.24) is 30.7 Å². The molecular weight excluding hydrogens is 608 g/mol. The Kier molecular flexibility index (Phi) is 11.0. The summed E-state index contributed by atoms with van der Waals surface area (Å²) in [5.41, 5.74) is 3.92. The summed E-state index contributed by atoms with van der Waals surface area (Å²) in [6.45, 7) is 9.38. The summed E-state index contributed by atoms with van der Waals surface area (Å²) in [4.78, 5) is 61.3. The molecule has 2 saturated heterocycles. The number of β-amino-alcohol motifs (C(OH)–C–C–N with tert-alkyl or cyclic N) is 1. The van der Waals surface area contributed by atoms with Crippen LogP contribution in [0.3, 0.4) is 0 Å². The first-order chi connectivity index (χ1) is 22.0. The van der Waals surface area contributed by atoms with Gasteiger partial charge in [-0.2, -0.15) is 0 Å². The number of benzene rings is 1. The number of fused-ring (bicyclic) bond motifs is 3. The number of piperazine rings is 1. The van der Waals surface area contributed by atoms with Gasteiger partial charge in [0.2, 0.25) is 23.6 Å². The van der Waals surface area contributed by atoms with Crippen molar-refractivity contribution in [3.8, 4) is 16.2 Å². The highest BCUT2D eigenvalue weighted by Gasteiger charge is 2.44. The maximum atomic E-state index is 13.9. The third-order valence-electron chi connectivity index (χ3n) is 8.81. The second kappa shape index (κ2) is 14.9. The van der Waals surface area contributed by atoms with Gasteiger partial charge in [-0.25, -0.2) is 4.98 Å². The van der Waals surface area contributed by atoms with Crippen molar-refractivity contribution in [2.75, 3.05) is 32.7 Å². The molecule has 0 unspecified atom stereocenters. The van der Waals surface area contributed by atoms with E-state index in [1.807, 2.05) is 43.9 Å². The monoisotopic (exact) mass is 654 g/mol. The average Bonchev–Trinajstić information content (AvgIpc) is 3.68. The number of rotatable bonds is 11. The number of aliphatic hydroxyl groups excluding tert-OH is 1. The Hall–Kier alpha value is -3.55. The van der Waals surface area contributed by atoms with E-state index in [0.29, 0.717) is 25.9 Å². The van der Waals surface area contributed by atoms with E-state index in [-0.39, 0.29) is 49.6 Å². The van der Waals surface area contributed by atoms with Gasteiger partial charge in [-0.1, -0.05) is 33.3 Å². The Morgan fingerprint density at radius 3 is 2.65 bits per heavy atom. The van der Waals surface area contributed by atoms with Gasteiger partial charge in [-0.05, 0) is 36.0 Å². The van der Waals surface area contributed by atoms with Crippen LogP contribution in [0.1, 0.15) is 70.6 Å². The SMILES string of the molecule is CC(C)(C)[C@H](NC(=O)CCCCCC(=O)N1CCNCC1)C(=O)N1C[C@H](O)C[C@H]1C(=O)NCc1ccc2c(c1)OCc1ncsc1-2. The van der Waals surface area contributed by atoms with Gasteiger partial charge in [0.15, 0.2) is 0 Å². The zero-order valence-electron chi connectivity index (χ0n) is 27.0. The minimum absolute atomic E-state index is 0.0182. The molecule has 4 N–H and O–H groups in total. The number of amides is 4. The highest BCUT2D eigenvalue weighted by molar-refractivity contribution is 7.13. The van der Waals surface area contributed by atoms with E-state index in [1.54, 1.807) is 16.8 Å².